The van der Waals surface area contributed by atoms with Crippen LogP contribution in [-0.4, -0.2) is 57.6 Å². The van der Waals surface area contributed by atoms with Crippen LogP contribution in [-0.2, 0) is 16.1 Å². The van der Waals surface area contributed by atoms with Crippen molar-refractivity contribution in [3.05, 3.63) is 77.9 Å². The lowest BCUT2D eigenvalue weighted by Gasteiger charge is -2.26. The topological polar surface area (TPSA) is 103 Å². The number of fused-ring (bicyclic) bond motifs is 1. The van der Waals surface area contributed by atoms with Crippen LogP contribution in [0.3, 0.4) is 0 Å². The normalized spacial score (nSPS) is 18.1. The molecule has 0 radical (unpaired) electrons. The predicted molar refractivity (Wildman–Crippen MR) is 145 cm³/mol. The van der Waals surface area contributed by atoms with Gasteiger partial charge in [0.05, 0.1) is 24.5 Å². The molecule has 0 saturated carbocycles. The molecule has 5 rings (SSSR count). The van der Waals surface area contributed by atoms with E-state index in [1.165, 1.54) is 4.90 Å². The minimum atomic E-state index is -0.769. The number of hydrogen-bond acceptors (Lipinski definition) is 7. The number of aliphatic hydroxyl groups is 1. The summed E-state index contributed by atoms with van der Waals surface area (Å²) >= 11 is 0. The zero-order chi connectivity index (χ0) is 27.4. The highest BCUT2D eigenvalue weighted by Gasteiger charge is 2.46. The van der Waals surface area contributed by atoms with E-state index in [2.05, 4.69) is 18.8 Å². The highest BCUT2D eigenvalue weighted by molar-refractivity contribution is 6.46. The minimum Gasteiger partial charge on any atom is -0.507 e. The van der Waals surface area contributed by atoms with Crippen molar-refractivity contribution in [3.63, 3.8) is 0 Å². The molecule has 9 heteroatoms. The number of nitrogens with zero attached hydrogens (tertiary/aromatic N) is 3. The number of ether oxygens (including phenoxy) is 3. The number of aliphatic hydroxyl groups excluding tert-OH is 1. The van der Waals surface area contributed by atoms with Crippen molar-refractivity contribution in [2.24, 2.45) is 5.92 Å². The predicted octanol–water partition coefficient (Wildman–Crippen LogP) is 4.59. The van der Waals surface area contributed by atoms with E-state index >= 15 is 0 Å². The number of carbonyl (C=O) groups is 2. The van der Waals surface area contributed by atoms with Crippen molar-refractivity contribution >= 4 is 17.4 Å². The van der Waals surface area contributed by atoms with Crippen LogP contribution < -0.4 is 14.2 Å². The zero-order valence-electron chi connectivity index (χ0n) is 22.2. The maximum atomic E-state index is 13.4. The first-order chi connectivity index (χ1) is 18.9. The lowest BCUT2D eigenvalue weighted by molar-refractivity contribution is -0.139. The number of imidazole rings is 1. The van der Waals surface area contributed by atoms with E-state index in [0.29, 0.717) is 73.6 Å². The molecule has 204 valence electrons. The third kappa shape index (κ3) is 5.77. The van der Waals surface area contributed by atoms with Crippen LogP contribution in [0.4, 0.5) is 0 Å². The van der Waals surface area contributed by atoms with Gasteiger partial charge in [0.15, 0.2) is 11.5 Å². The average Bonchev–Trinajstić information content (AvgIpc) is 3.55. The quantitative estimate of drug-likeness (QED) is 0.232. The monoisotopic (exact) mass is 531 g/mol. The molecule has 0 spiro atoms. The molecule has 1 atom stereocenters. The van der Waals surface area contributed by atoms with Crippen molar-refractivity contribution in [2.45, 2.75) is 39.3 Å². The van der Waals surface area contributed by atoms with Gasteiger partial charge in [0, 0.05) is 31.0 Å². The number of aryl methyl sites for hydroxylation is 1. The van der Waals surface area contributed by atoms with Crippen LogP contribution in [0, 0.1) is 5.92 Å². The van der Waals surface area contributed by atoms with Crippen molar-refractivity contribution < 1.29 is 28.9 Å². The molecule has 1 saturated heterocycles. The molecule has 0 bridgehead atoms. The van der Waals surface area contributed by atoms with Crippen LogP contribution in [0.5, 0.6) is 17.2 Å². The molecular formula is C30H33N3O6. The molecular weight excluding hydrogens is 498 g/mol. The second kappa shape index (κ2) is 11.6. The van der Waals surface area contributed by atoms with Crippen LogP contribution >= 0.6 is 0 Å². The first-order valence-electron chi connectivity index (χ1n) is 13.3. The highest BCUT2D eigenvalue weighted by Crippen LogP contribution is 2.41. The summed E-state index contributed by atoms with van der Waals surface area (Å²) in [5.41, 5.74) is 1.11. The molecule has 2 aliphatic rings. The second-order valence-corrected chi connectivity index (χ2v) is 10.1. The summed E-state index contributed by atoms with van der Waals surface area (Å²) in [6.45, 7) is 6.62. The Morgan fingerprint density at radius 3 is 2.69 bits per heavy atom. The highest BCUT2D eigenvalue weighted by atomic mass is 16.6. The Balaban J connectivity index is 1.50. The van der Waals surface area contributed by atoms with Gasteiger partial charge in [0.25, 0.3) is 11.7 Å². The molecule has 1 N–H and O–H groups in total. The average molecular weight is 532 g/mol. The van der Waals surface area contributed by atoms with Crippen molar-refractivity contribution in [1.82, 2.24) is 14.5 Å². The molecule has 1 amide bonds. The number of Topliss-reactive ketones (excluding diaryl/α,β-unsaturated/α-hetero) is 1. The summed E-state index contributed by atoms with van der Waals surface area (Å²) in [6.07, 6.45) is 6.77. The molecule has 3 heterocycles. The lowest BCUT2D eigenvalue weighted by atomic mass is 9.95. The Labute approximate surface area is 227 Å². The zero-order valence-corrected chi connectivity index (χ0v) is 22.2. The van der Waals surface area contributed by atoms with Crippen molar-refractivity contribution in [1.29, 1.82) is 0 Å². The van der Waals surface area contributed by atoms with Gasteiger partial charge in [-0.2, -0.15) is 0 Å². The van der Waals surface area contributed by atoms with Crippen LogP contribution in [0.15, 0.2) is 66.8 Å². The molecule has 1 fully saturated rings. The summed E-state index contributed by atoms with van der Waals surface area (Å²) in [7, 11) is 0. The van der Waals surface area contributed by atoms with E-state index in [4.69, 9.17) is 14.2 Å². The van der Waals surface area contributed by atoms with Crippen molar-refractivity contribution in [2.75, 3.05) is 26.4 Å². The number of aromatic nitrogens is 2. The van der Waals surface area contributed by atoms with Gasteiger partial charge in [-0.1, -0.05) is 26.0 Å². The molecule has 2 aliphatic heterocycles. The lowest BCUT2D eigenvalue weighted by Crippen LogP contribution is -2.31. The van der Waals surface area contributed by atoms with E-state index in [0.717, 1.165) is 6.42 Å². The van der Waals surface area contributed by atoms with Gasteiger partial charge < -0.3 is 28.8 Å². The van der Waals surface area contributed by atoms with Gasteiger partial charge in [0.1, 0.15) is 24.7 Å². The number of likely N-dealkylation sites (tertiary alicyclic amines) is 1. The van der Waals surface area contributed by atoms with Gasteiger partial charge in [-0.25, -0.2) is 4.98 Å². The Morgan fingerprint density at radius 2 is 1.92 bits per heavy atom. The Morgan fingerprint density at radius 1 is 1.10 bits per heavy atom. The molecule has 1 aromatic heterocycles. The standard InChI is InChI=1S/C30H33N3O6/c1-20(2)9-14-37-23-6-3-5-21(17-23)27-26(28(34)22-7-8-24-25(18-22)39-16-15-38-24)29(35)30(36)33(27)12-4-11-32-13-10-31-19-32/h3,5-8,10,13,17-20,27,34H,4,9,11-12,14-16H2,1-2H3/b28-26+/t27-/m0/s1. The summed E-state index contributed by atoms with van der Waals surface area (Å²) in [4.78, 5) is 32.3. The number of rotatable bonds is 10. The van der Waals surface area contributed by atoms with Gasteiger partial charge in [-0.15, -0.1) is 0 Å². The van der Waals surface area contributed by atoms with Crippen molar-refractivity contribution in [3.8, 4) is 17.2 Å². The molecule has 0 unspecified atom stereocenters. The number of benzene rings is 2. The van der Waals surface area contributed by atoms with Crippen LogP contribution in [0.2, 0.25) is 0 Å². The third-order valence-corrected chi connectivity index (χ3v) is 6.87. The Bertz CT molecular complexity index is 1360. The number of ketones is 1. The maximum absolute atomic E-state index is 13.4. The van der Waals surface area contributed by atoms with E-state index in [1.54, 1.807) is 30.7 Å². The van der Waals surface area contributed by atoms with Gasteiger partial charge in [0.2, 0.25) is 0 Å². The molecule has 9 nitrogen and oxygen atoms in total. The first kappa shape index (κ1) is 26.3. The fraction of sp³-hybridized carbons (Fsp3) is 0.367. The first-order valence-corrected chi connectivity index (χ1v) is 13.3. The third-order valence-electron chi connectivity index (χ3n) is 6.87. The van der Waals surface area contributed by atoms with E-state index in [1.807, 2.05) is 35.0 Å². The second-order valence-electron chi connectivity index (χ2n) is 10.1. The summed E-state index contributed by atoms with van der Waals surface area (Å²) in [5.74, 6) is 0.589. The van der Waals surface area contributed by atoms with Gasteiger partial charge in [-0.3, -0.25) is 9.59 Å². The van der Waals surface area contributed by atoms with E-state index in [-0.39, 0.29) is 11.3 Å². The fourth-order valence-corrected chi connectivity index (χ4v) is 4.83. The van der Waals surface area contributed by atoms with Crippen LogP contribution in [0.1, 0.15) is 43.9 Å². The largest absolute Gasteiger partial charge is 0.507 e. The van der Waals surface area contributed by atoms with Crippen LogP contribution in [0.25, 0.3) is 5.76 Å². The Hall–Kier alpha value is -4.27. The minimum absolute atomic E-state index is 0.0404. The van der Waals surface area contributed by atoms with Gasteiger partial charge >= 0.3 is 0 Å². The molecule has 2 aromatic carbocycles. The van der Waals surface area contributed by atoms with Gasteiger partial charge in [-0.05, 0) is 54.7 Å². The van der Waals surface area contributed by atoms with E-state index < -0.39 is 17.7 Å². The molecule has 3 aromatic rings. The smallest absolute Gasteiger partial charge is 0.295 e. The number of carbonyl (C=O) groups excluding carboxylic acids is 2. The summed E-state index contributed by atoms with van der Waals surface area (Å²) in [5, 5.41) is 11.4. The SMILES string of the molecule is CC(C)CCOc1cccc([C@H]2/C(=C(\O)c3ccc4c(c3)OCCO4)C(=O)C(=O)N2CCCn2ccnc2)c1. The molecule has 39 heavy (non-hydrogen) atoms. The fourth-order valence-electron chi connectivity index (χ4n) is 4.83. The number of amides is 1. The maximum Gasteiger partial charge on any atom is 0.295 e. The summed E-state index contributed by atoms with van der Waals surface area (Å²) < 4.78 is 19.2. The van der Waals surface area contributed by atoms with E-state index in [9.17, 15) is 14.7 Å². The molecule has 0 aliphatic carbocycles. The number of hydrogen-bond donors (Lipinski definition) is 1. The summed E-state index contributed by atoms with van der Waals surface area (Å²) in [6, 6.07) is 11.6. The Kier molecular flexibility index (Phi) is 7.86.